The first-order valence-corrected chi connectivity index (χ1v) is 10.1. The number of thioether (sulfide) groups is 1. The normalized spacial score (nSPS) is 10.7. The molecule has 0 saturated heterocycles. The lowest BCUT2D eigenvalue weighted by Crippen LogP contribution is -2.19. The van der Waals surface area contributed by atoms with Crippen molar-refractivity contribution in [3.05, 3.63) is 86.3 Å². The summed E-state index contributed by atoms with van der Waals surface area (Å²) in [4.78, 5) is 31.8. The predicted octanol–water partition coefficient (Wildman–Crippen LogP) is 4.36. The minimum absolute atomic E-state index is 0.131. The van der Waals surface area contributed by atoms with Crippen LogP contribution in [-0.2, 0) is 11.2 Å². The Morgan fingerprint density at radius 1 is 1.18 bits per heavy atom. The van der Waals surface area contributed by atoms with Crippen LogP contribution in [0.4, 0.5) is 5.69 Å². The van der Waals surface area contributed by atoms with Gasteiger partial charge in [0.15, 0.2) is 5.16 Å². The van der Waals surface area contributed by atoms with E-state index in [9.17, 15) is 9.59 Å². The highest BCUT2D eigenvalue weighted by molar-refractivity contribution is 7.99. The molecule has 1 aromatic heterocycles. The molecule has 0 atom stereocenters. The first-order valence-electron chi connectivity index (χ1n) is 8.75. The van der Waals surface area contributed by atoms with E-state index in [0.29, 0.717) is 33.5 Å². The molecule has 0 unspecified atom stereocenters. The van der Waals surface area contributed by atoms with E-state index < -0.39 is 0 Å². The van der Waals surface area contributed by atoms with Crippen LogP contribution in [-0.4, -0.2) is 21.6 Å². The molecule has 2 aromatic carbocycles. The van der Waals surface area contributed by atoms with E-state index in [0.717, 1.165) is 11.1 Å². The number of hydrogen-bond donors (Lipinski definition) is 2. The molecule has 0 fully saturated rings. The lowest BCUT2D eigenvalue weighted by molar-refractivity contribution is -0.113. The fourth-order valence-corrected chi connectivity index (χ4v) is 3.55. The van der Waals surface area contributed by atoms with Gasteiger partial charge in [-0.1, -0.05) is 59.8 Å². The Balaban J connectivity index is 1.63. The van der Waals surface area contributed by atoms with Crippen LogP contribution in [0, 0.1) is 13.8 Å². The first-order chi connectivity index (χ1) is 13.4. The van der Waals surface area contributed by atoms with Gasteiger partial charge >= 0.3 is 0 Å². The molecule has 0 bridgehead atoms. The van der Waals surface area contributed by atoms with Crippen LogP contribution >= 0.6 is 23.4 Å². The van der Waals surface area contributed by atoms with E-state index in [1.807, 2.05) is 50.2 Å². The predicted molar refractivity (Wildman–Crippen MR) is 114 cm³/mol. The number of nitrogens with zero attached hydrogens (tertiary/aromatic N) is 1. The highest BCUT2D eigenvalue weighted by Gasteiger charge is 2.11. The van der Waals surface area contributed by atoms with Gasteiger partial charge in [0.1, 0.15) is 0 Å². The molecule has 2 N–H and O–H groups in total. The second-order valence-electron chi connectivity index (χ2n) is 6.40. The number of amides is 1. The van der Waals surface area contributed by atoms with Crippen LogP contribution in [0.25, 0.3) is 0 Å². The van der Waals surface area contributed by atoms with Gasteiger partial charge in [-0.15, -0.1) is 0 Å². The van der Waals surface area contributed by atoms with Gasteiger partial charge in [0.2, 0.25) is 5.91 Å². The number of aromatic nitrogens is 2. The highest BCUT2D eigenvalue weighted by atomic mass is 35.5. The monoisotopic (exact) mass is 413 g/mol. The molecule has 0 saturated carbocycles. The van der Waals surface area contributed by atoms with Gasteiger partial charge in [-0.05, 0) is 37.1 Å². The third-order valence-electron chi connectivity index (χ3n) is 4.22. The van der Waals surface area contributed by atoms with Gasteiger partial charge in [0.25, 0.3) is 5.56 Å². The fraction of sp³-hybridized carbons (Fsp3) is 0.190. The second kappa shape index (κ2) is 9.08. The van der Waals surface area contributed by atoms with Crippen molar-refractivity contribution in [3.63, 3.8) is 0 Å². The van der Waals surface area contributed by atoms with E-state index in [1.165, 1.54) is 11.8 Å². The number of rotatable bonds is 6. The Hall–Kier alpha value is -2.57. The maximum Gasteiger partial charge on any atom is 0.255 e. The summed E-state index contributed by atoms with van der Waals surface area (Å²) in [5.41, 5.74) is 3.76. The van der Waals surface area contributed by atoms with Gasteiger partial charge < -0.3 is 10.3 Å². The Morgan fingerprint density at radius 3 is 2.61 bits per heavy atom. The Morgan fingerprint density at radius 2 is 1.93 bits per heavy atom. The maximum atomic E-state index is 12.4. The number of carbonyl (C=O) groups is 1. The summed E-state index contributed by atoms with van der Waals surface area (Å²) in [6, 6.07) is 15.1. The number of H-pyrrole nitrogens is 1. The molecule has 3 aromatic rings. The second-order valence-corrected chi connectivity index (χ2v) is 7.77. The number of benzene rings is 2. The zero-order valence-electron chi connectivity index (χ0n) is 15.6. The van der Waals surface area contributed by atoms with Gasteiger partial charge in [0, 0.05) is 28.4 Å². The van der Waals surface area contributed by atoms with Gasteiger partial charge in [0.05, 0.1) is 5.75 Å². The topological polar surface area (TPSA) is 74.8 Å². The Bertz CT molecular complexity index is 1050. The average Bonchev–Trinajstić information content (AvgIpc) is 2.67. The highest BCUT2D eigenvalue weighted by Crippen LogP contribution is 2.21. The van der Waals surface area contributed by atoms with Crippen LogP contribution in [0.1, 0.15) is 22.4 Å². The van der Waals surface area contributed by atoms with Crippen LogP contribution in [0.15, 0.2) is 58.5 Å². The Labute approximate surface area is 172 Å². The van der Waals surface area contributed by atoms with Gasteiger partial charge in [-0.3, -0.25) is 9.59 Å². The van der Waals surface area contributed by atoms with E-state index >= 15 is 0 Å². The summed E-state index contributed by atoms with van der Waals surface area (Å²) in [7, 11) is 0. The number of carbonyl (C=O) groups excluding carboxylic acids is 1. The number of hydrogen-bond acceptors (Lipinski definition) is 4. The van der Waals surface area contributed by atoms with Crippen LogP contribution < -0.4 is 10.9 Å². The van der Waals surface area contributed by atoms with Crippen LogP contribution in [0.2, 0.25) is 5.02 Å². The third kappa shape index (κ3) is 5.24. The third-order valence-corrected chi connectivity index (χ3v) is 5.50. The van der Waals surface area contributed by atoms with Crippen molar-refractivity contribution in [1.82, 2.24) is 9.97 Å². The molecule has 144 valence electrons. The minimum atomic E-state index is -0.196. The number of aromatic amines is 1. The minimum Gasteiger partial charge on any atom is -0.325 e. The zero-order valence-corrected chi connectivity index (χ0v) is 17.2. The molecule has 1 heterocycles. The van der Waals surface area contributed by atoms with Crippen molar-refractivity contribution < 1.29 is 4.79 Å². The molecule has 5 nitrogen and oxygen atoms in total. The maximum absolute atomic E-state index is 12.4. The fourth-order valence-electron chi connectivity index (χ4n) is 2.66. The van der Waals surface area contributed by atoms with E-state index in [4.69, 9.17) is 11.6 Å². The summed E-state index contributed by atoms with van der Waals surface area (Å²) in [5, 5.41) is 3.81. The summed E-state index contributed by atoms with van der Waals surface area (Å²) in [6.07, 6.45) is 0.522. The van der Waals surface area contributed by atoms with E-state index in [2.05, 4.69) is 15.3 Å². The number of aryl methyl sites for hydroxylation is 2. The lowest BCUT2D eigenvalue weighted by atomic mass is 10.1. The Kier molecular flexibility index (Phi) is 6.54. The van der Waals surface area contributed by atoms with Crippen molar-refractivity contribution >= 4 is 35.0 Å². The molecular weight excluding hydrogens is 394 g/mol. The van der Waals surface area contributed by atoms with Crippen molar-refractivity contribution in [2.45, 2.75) is 25.4 Å². The zero-order chi connectivity index (χ0) is 20.1. The van der Waals surface area contributed by atoms with Crippen molar-refractivity contribution in [3.8, 4) is 0 Å². The molecule has 0 aliphatic rings. The molecule has 3 rings (SSSR count). The smallest absolute Gasteiger partial charge is 0.255 e. The van der Waals surface area contributed by atoms with Crippen molar-refractivity contribution in [2.24, 2.45) is 0 Å². The quantitative estimate of drug-likeness (QED) is 0.465. The number of anilines is 1. The molecular formula is C21H20ClN3O2S. The molecule has 0 radical (unpaired) electrons. The SMILES string of the molecule is Cc1ccc(NC(=O)CSc2nc(C)c(Cc3ccccc3)c(=O)[nH]2)cc1Cl. The largest absolute Gasteiger partial charge is 0.325 e. The summed E-state index contributed by atoms with van der Waals surface area (Å²) in [6.45, 7) is 3.71. The van der Waals surface area contributed by atoms with Crippen molar-refractivity contribution in [2.75, 3.05) is 11.1 Å². The van der Waals surface area contributed by atoms with Crippen molar-refractivity contribution in [1.29, 1.82) is 0 Å². The number of nitrogens with one attached hydrogen (secondary N) is 2. The standard InChI is InChI=1S/C21H20ClN3O2S/c1-13-8-9-16(11-18(13)22)24-19(26)12-28-21-23-14(2)17(20(27)25-21)10-15-6-4-3-5-7-15/h3-9,11H,10,12H2,1-2H3,(H,24,26)(H,23,25,27). The molecule has 0 aliphatic carbocycles. The van der Waals surface area contributed by atoms with Crippen LogP contribution in [0.5, 0.6) is 0 Å². The summed E-state index contributed by atoms with van der Waals surface area (Å²) >= 11 is 7.26. The first kappa shape index (κ1) is 20.2. The van der Waals surface area contributed by atoms with Crippen LogP contribution in [0.3, 0.4) is 0 Å². The van der Waals surface area contributed by atoms with E-state index in [-0.39, 0.29) is 17.2 Å². The van der Waals surface area contributed by atoms with E-state index in [1.54, 1.807) is 12.1 Å². The molecule has 1 amide bonds. The molecule has 0 spiro atoms. The average molecular weight is 414 g/mol. The summed E-state index contributed by atoms with van der Waals surface area (Å²) < 4.78 is 0. The summed E-state index contributed by atoms with van der Waals surface area (Å²) in [5.74, 6) is -0.0649. The van der Waals surface area contributed by atoms with Gasteiger partial charge in [-0.2, -0.15) is 0 Å². The number of halogens is 1. The van der Waals surface area contributed by atoms with Gasteiger partial charge in [-0.25, -0.2) is 4.98 Å². The molecule has 28 heavy (non-hydrogen) atoms. The molecule has 7 heteroatoms. The lowest BCUT2D eigenvalue weighted by Gasteiger charge is -2.08. The molecule has 0 aliphatic heterocycles.